The number of benzene rings is 1. The molecule has 0 saturated carbocycles. The number of aliphatic hydroxyl groups excluding tert-OH is 1. The van der Waals surface area contributed by atoms with Gasteiger partial charge in [0.05, 0.1) is 6.61 Å². The van der Waals surface area contributed by atoms with Gasteiger partial charge < -0.3 is 9.84 Å². The van der Waals surface area contributed by atoms with Crippen LogP contribution in [-0.4, -0.2) is 15.3 Å². The number of rotatable bonds is 4. The third-order valence-electron chi connectivity index (χ3n) is 2.57. The Hall–Kier alpha value is -1.46. The largest absolute Gasteiger partial charge is 0.429 e. The van der Waals surface area contributed by atoms with Gasteiger partial charge in [-0.2, -0.15) is 0 Å². The minimum atomic E-state index is -0.105. The number of aromatic nitrogens is 2. The lowest BCUT2D eigenvalue weighted by atomic mass is 10.0. The molecule has 1 heterocycles. The van der Waals surface area contributed by atoms with Gasteiger partial charge in [-0.1, -0.05) is 42.4 Å². The fraction of sp³-hybridized carbons (Fsp3) is 0.385. The number of aliphatic hydroxyl groups is 1. The first-order valence-electron chi connectivity index (χ1n) is 5.81. The Morgan fingerprint density at radius 3 is 2.72 bits per heavy atom. The standard InChI is InChI=1S/C13H16N2O2S/c1-8(2)10-5-4-9(3)6-11(10)17-13-15-14-12(7-16)18-13/h4-6,8,16H,7H2,1-3H3. The van der Waals surface area contributed by atoms with E-state index in [4.69, 9.17) is 9.84 Å². The van der Waals surface area contributed by atoms with Crippen molar-refractivity contribution < 1.29 is 9.84 Å². The van der Waals surface area contributed by atoms with Crippen LogP contribution in [0.2, 0.25) is 0 Å². The Morgan fingerprint density at radius 1 is 1.33 bits per heavy atom. The molecule has 1 N–H and O–H groups in total. The molecule has 1 aromatic carbocycles. The molecule has 0 atom stereocenters. The summed E-state index contributed by atoms with van der Waals surface area (Å²) in [6.07, 6.45) is 0. The molecule has 0 unspecified atom stereocenters. The highest BCUT2D eigenvalue weighted by Crippen LogP contribution is 2.32. The van der Waals surface area contributed by atoms with Crippen molar-refractivity contribution in [2.45, 2.75) is 33.3 Å². The van der Waals surface area contributed by atoms with Crippen LogP contribution in [-0.2, 0) is 6.61 Å². The van der Waals surface area contributed by atoms with E-state index in [0.717, 1.165) is 16.9 Å². The summed E-state index contributed by atoms with van der Waals surface area (Å²) < 4.78 is 5.77. The minimum absolute atomic E-state index is 0.105. The van der Waals surface area contributed by atoms with E-state index in [-0.39, 0.29) is 6.61 Å². The third kappa shape index (κ3) is 2.86. The number of nitrogens with zero attached hydrogens (tertiary/aromatic N) is 2. The summed E-state index contributed by atoms with van der Waals surface area (Å²) in [5.74, 6) is 1.19. The van der Waals surface area contributed by atoms with Gasteiger partial charge >= 0.3 is 0 Å². The molecule has 4 nitrogen and oxygen atoms in total. The zero-order valence-electron chi connectivity index (χ0n) is 10.7. The zero-order valence-corrected chi connectivity index (χ0v) is 11.5. The Labute approximate surface area is 110 Å². The molecular weight excluding hydrogens is 248 g/mol. The lowest BCUT2D eigenvalue weighted by molar-refractivity contribution is 0.280. The van der Waals surface area contributed by atoms with E-state index in [1.54, 1.807) is 0 Å². The first-order chi connectivity index (χ1) is 8.60. The Kier molecular flexibility index (Phi) is 3.93. The Balaban J connectivity index is 2.29. The zero-order chi connectivity index (χ0) is 13.1. The van der Waals surface area contributed by atoms with Crippen LogP contribution in [0.15, 0.2) is 18.2 Å². The van der Waals surface area contributed by atoms with Crippen LogP contribution in [0.5, 0.6) is 10.9 Å². The maximum atomic E-state index is 8.96. The highest BCUT2D eigenvalue weighted by Gasteiger charge is 2.11. The molecule has 5 heteroatoms. The summed E-state index contributed by atoms with van der Waals surface area (Å²) in [6.45, 7) is 6.16. The highest BCUT2D eigenvalue weighted by atomic mass is 32.1. The molecule has 0 spiro atoms. The van der Waals surface area contributed by atoms with E-state index in [1.165, 1.54) is 11.3 Å². The van der Waals surface area contributed by atoms with Crippen LogP contribution in [0.1, 0.15) is 35.9 Å². The van der Waals surface area contributed by atoms with Crippen LogP contribution in [0.4, 0.5) is 0 Å². The van der Waals surface area contributed by atoms with Crippen molar-refractivity contribution in [3.8, 4) is 10.9 Å². The molecular formula is C13H16N2O2S. The van der Waals surface area contributed by atoms with Crippen LogP contribution >= 0.6 is 11.3 Å². The molecule has 0 bridgehead atoms. The summed E-state index contributed by atoms with van der Waals surface area (Å²) in [5.41, 5.74) is 2.28. The molecule has 0 aliphatic carbocycles. The van der Waals surface area contributed by atoms with E-state index in [9.17, 15) is 0 Å². The van der Waals surface area contributed by atoms with Gasteiger partial charge in [-0.3, -0.25) is 0 Å². The lowest BCUT2D eigenvalue weighted by Crippen LogP contribution is -1.94. The first kappa shape index (κ1) is 13.0. The number of ether oxygens (including phenoxy) is 1. The van der Waals surface area contributed by atoms with Gasteiger partial charge in [0.25, 0.3) is 5.19 Å². The van der Waals surface area contributed by atoms with E-state index < -0.39 is 0 Å². The van der Waals surface area contributed by atoms with Gasteiger partial charge in [-0.25, -0.2) is 0 Å². The van der Waals surface area contributed by atoms with Gasteiger partial charge in [0.1, 0.15) is 10.8 Å². The van der Waals surface area contributed by atoms with Crippen molar-refractivity contribution in [1.82, 2.24) is 10.2 Å². The Morgan fingerprint density at radius 2 is 2.11 bits per heavy atom. The van der Waals surface area contributed by atoms with Gasteiger partial charge in [0, 0.05) is 0 Å². The smallest absolute Gasteiger partial charge is 0.299 e. The molecule has 0 radical (unpaired) electrons. The fourth-order valence-corrected chi connectivity index (χ4v) is 2.21. The van der Waals surface area contributed by atoms with Gasteiger partial charge in [0.15, 0.2) is 0 Å². The van der Waals surface area contributed by atoms with Gasteiger partial charge in [0.2, 0.25) is 0 Å². The number of hydrogen-bond donors (Lipinski definition) is 1. The van der Waals surface area contributed by atoms with Crippen LogP contribution in [0.3, 0.4) is 0 Å². The topological polar surface area (TPSA) is 55.2 Å². The number of aryl methyl sites for hydroxylation is 1. The highest BCUT2D eigenvalue weighted by molar-refractivity contribution is 7.13. The molecule has 0 aliphatic rings. The van der Waals surface area contributed by atoms with Crippen LogP contribution in [0, 0.1) is 6.92 Å². The lowest BCUT2D eigenvalue weighted by Gasteiger charge is -2.12. The average Bonchev–Trinajstić information content (AvgIpc) is 2.76. The van der Waals surface area contributed by atoms with Gasteiger partial charge in [-0.05, 0) is 30.0 Å². The van der Waals surface area contributed by atoms with Crippen molar-refractivity contribution >= 4 is 11.3 Å². The average molecular weight is 264 g/mol. The molecule has 0 fully saturated rings. The second-order valence-corrected chi connectivity index (χ2v) is 5.44. The second-order valence-electron chi connectivity index (χ2n) is 4.42. The van der Waals surface area contributed by atoms with Crippen molar-refractivity contribution in [3.05, 3.63) is 34.3 Å². The minimum Gasteiger partial charge on any atom is -0.429 e. The Bertz CT molecular complexity index is 538. The van der Waals surface area contributed by atoms with E-state index >= 15 is 0 Å². The summed E-state index contributed by atoms with van der Waals surface area (Å²) in [5, 5.41) is 17.7. The van der Waals surface area contributed by atoms with E-state index in [1.807, 2.05) is 13.0 Å². The fourth-order valence-electron chi connectivity index (χ4n) is 1.64. The summed E-state index contributed by atoms with van der Waals surface area (Å²) >= 11 is 1.26. The normalized spacial score (nSPS) is 10.9. The maximum Gasteiger partial charge on any atom is 0.299 e. The van der Waals surface area contributed by atoms with Crippen molar-refractivity contribution in [1.29, 1.82) is 0 Å². The second kappa shape index (κ2) is 5.46. The van der Waals surface area contributed by atoms with Crippen molar-refractivity contribution in [3.63, 3.8) is 0 Å². The maximum absolute atomic E-state index is 8.96. The molecule has 2 aromatic rings. The van der Waals surface area contributed by atoms with Crippen molar-refractivity contribution in [2.24, 2.45) is 0 Å². The molecule has 96 valence electrons. The van der Waals surface area contributed by atoms with Gasteiger partial charge in [-0.15, -0.1) is 5.10 Å². The summed E-state index contributed by atoms with van der Waals surface area (Å²) in [7, 11) is 0. The molecule has 18 heavy (non-hydrogen) atoms. The van der Waals surface area contributed by atoms with E-state index in [0.29, 0.717) is 16.1 Å². The molecule has 0 amide bonds. The molecule has 1 aromatic heterocycles. The first-order valence-corrected chi connectivity index (χ1v) is 6.63. The molecule has 2 rings (SSSR count). The SMILES string of the molecule is Cc1ccc(C(C)C)c(Oc2nnc(CO)s2)c1. The van der Waals surface area contributed by atoms with Crippen molar-refractivity contribution in [2.75, 3.05) is 0 Å². The van der Waals surface area contributed by atoms with E-state index in [2.05, 4.69) is 36.2 Å². The number of hydrogen-bond acceptors (Lipinski definition) is 5. The third-order valence-corrected chi connectivity index (χ3v) is 3.36. The predicted octanol–water partition coefficient (Wildman–Crippen LogP) is 3.25. The summed E-state index contributed by atoms with van der Waals surface area (Å²) in [4.78, 5) is 0. The predicted molar refractivity (Wildman–Crippen MR) is 71.2 cm³/mol. The van der Waals surface area contributed by atoms with Crippen LogP contribution < -0.4 is 4.74 Å². The molecule has 0 aliphatic heterocycles. The summed E-state index contributed by atoms with van der Waals surface area (Å²) in [6, 6.07) is 6.14. The molecule has 0 saturated heterocycles. The quantitative estimate of drug-likeness (QED) is 0.921. The van der Waals surface area contributed by atoms with Crippen LogP contribution in [0.25, 0.3) is 0 Å². The monoisotopic (exact) mass is 264 g/mol.